The van der Waals surface area contributed by atoms with E-state index in [0.29, 0.717) is 18.0 Å². The first-order chi connectivity index (χ1) is 8.39. The first-order valence-electron chi connectivity index (χ1n) is 5.58. The van der Waals surface area contributed by atoms with E-state index in [1.54, 1.807) is 24.3 Å². The van der Waals surface area contributed by atoms with Crippen molar-refractivity contribution in [1.29, 1.82) is 0 Å². The SMILES string of the molecule is CC(N)CCNS(=O)(=O)C=Cc1ccc(Cl)cc1. The maximum atomic E-state index is 11.6. The summed E-state index contributed by atoms with van der Waals surface area (Å²) in [5, 5.41) is 1.75. The standard InChI is InChI=1S/C12H17ClN2O2S/c1-10(14)6-8-15-18(16,17)9-7-11-2-4-12(13)5-3-11/h2-5,7,9-10,15H,6,8,14H2,1H3. The fourth-order valence-corrected chi connectivity index (χ4v) is 2.18. The van der Waals surface area contributed by atoms with E-state index < -0.39 is 10.0 Å². The van der Waals surface area contributed by atoms with Gasteiger partial charge in [-0.05, 0) is 37.1 Å². The van der Waals surface area contributed by atoms with Crippen molar-refractivity contribution in [3.05, 3.63) is 40.3 Å². The monoisotopic (exact) mass is 288 g/mol. The lowest BCUT2D eigenvalue weighted by molar-refractivity contribution is 0.580. The van der Waals surface area contributed by atoms with E-state index in [4.69, 9.17) is 17.3 Å². The molecule has 1 aromatic carbocycles. The van der Waals surface area contributed by atoms with Gasteiger partial charge in [-0.1, -0.05) is 23.7 Å². The minimum Gasteiger partial charge on any atom is -0.328 e. The Bertz CT molecular complexity index is 495. The molecule has 0 aliphatic carbocycles. The average molecular weight is 289 g/mol. The Balaban J connectivity index is 2.57. The number of sulfonamides is 1. The highest BCUT2D eigenvalue weighted by Gasteiger charge is 2.04. The topological polar surface area (TPSA) is 72.2 Å². The van der Waals surface area contributed by atoms with Crippen LogP contribution in [0.25, 0.3) is 6.08 Å². The number of halogens is 1. The second-order valence-corrected chi connectivity index (χ2v) is 6.15. The van der Waals surface area contributed by atoms with Gasteiger partial charge in [0.2, 0.25) is 10.0 Å². The lowest BCUT2D eigenvalue weighted by atomic mass is 10.2. The molecule has 0 bridgehead atoms. The van der Waals surface area contributed by atoms with Crippen LogP contribution < -0.4 is 10.5 Å². The van der Waals surface area contributed by atoms with Crippen LogP contribution in [0, 0.1) is 0 Å². The van der Waals surface area contributed by atoms with E-state index in [0.717, 1.165) is 11.0 Å². The Hall–Kier alpha value is -0.880. The van der Waals surface area contributed by atoms with Gasteiger partial charge < -0.3 is 5.73 Å². The van der Waals surface area contributed by atoms with E-state index in [2.05, 4.69) is 4.72 Å². The molecule has 0 aliphatic rings. The van der Waals surface area contributed by atoms with Crippen LogP contribution >= 0.6 is 11.6 Å². The van der Waals surface area contributed by atoms with Crippen molar-refractivity contribution in [1.82, 2.24) is 4.72 Å². The average Bonchev–Trinajstić information content (AvgIpc) is 2.27. The number of hydrogen-bond donors (Lipinski definition) is 2. The molecule has 1 atom stereocenters. The zero-order chi connectivity index (χ0) is 13.6. The Kier molecular flexibility index (Phi) is 5.81. The third-order valence-corrected chi connectivity index (χ3v) is 3.57. The molecule has 1 unspecified atom stereocenters. The summed E-state index contributed by atoms with van der Waals surface area (Å²) in [6, 6.07) is 6.88. The number of hydrogen-bond acceptors (Lipinski definition) is 3. The molecule has 0 amide bonds. The lowest BCUT2D eigenvalue weighted by Gasteiger charge is -2.05. The summed E-state index contributed by atoms with van der Waals surface area (Å²) in [5.74, 6) is 0. The first kappa shape index (κ1) is 15.2. The normalized spacial score (nSPS) is 13.9. The predicted molar refractivity (Wildman–Crippen MR) is 75.7 cm³/mol. The van der Waals surface area contributed by atoms with Gasteiger partial charge in [-0.25, -0.2) is 13.1 Å². The molecule has 6 heteroatoms. The van der Waals surface area contributed by atoms with Crippen LogP contribution in [0.15, 0.2) is 29.7 Å². The van der Waals surface area contributed by atoms with Crippen LogP contribution in [-0.4, -0.2) is 21.0 Å². The van der Waals surface area contributed by atoms with Crippen LogP contribution in [0.2, 0.25) is 5.02 Å². The van der Waals surface area contributed by atoms with Crippen molar-refractivity contribution in [2.45, 2.75) is 19.4 Å². The molecule has 3 N–H and O–H groups in total. The molecule has 18 heavy (non-hydrogen) atoms. The molecule has 0 aromatic heterocycles. The molecule has 0 spiro atoms. The summed E-state index contributed by atoms with van der Waals surface area (Å²) in [5.41, 5.74) is 6.31. The van der Waals surface area contributed by atoms with Crippen molar-refractivity contribution in [3.8, 4) is 0 Å². The quantitative estimate of drug-likeness (QED) is 0.840. The molecule has 0 radical (unpaired) electrons. The van der Waals surface area contributed by atoms with Gasteiger partial charge in [0.15, 0.2) is 0 Å². The van der Waals surface area contributed by atoms with E-state index in [1.165, 1.54) is 6.08 Å². The second-order valence-electron chi connectivity index (χ2n) is 4.06. The van der Waals surface area contributed by atoms with Crippen LogP contribution in [0.4, 0.5) is 0 Å². The van der Waals surface area contributed by atoms with E-state index in [9.17, 15) is 8.42 Å². The molecular weight excluding hydrogens is 272 g/mol. The molecule has 1 rings (SSSR count). The van der Waals surface area contributed by atoms with Crippen LogP contribution in [0.5, 0.6) is 0 Å². The van der Waals surface area contributed by atoms with Gasteiger partial charge in [-0.15, -0.1) is 0 Å². The van der Waals surface area contributed by atoms with E-state index >= 15 is 0 Å². The highest BCUT2D eigenvalue weighted by atomic mass is 35.5. The Labute approximate surface area is 113 Å². The van der Waals surface area contributed by atoms with Gasteiger partial charge >= 0.3 is 0 Å². The zero-order valence-corrected chi connectivity index (χ0v) is 11.7. The molecular formula is C12H17ClN2O2S. The summed E-state index contributed by atoms with van der Waals surface area (Å²) in [6.07, 6.45) is 2.12. The molecule has 0 saturated heterocycles. The Morgan fingerprint density at radius 3 is 2.56 bits per heavy atom. The second kappa shape index (κ2) is 6.89. The molecule has 0 aliphatic heterocycles. The number of rotatable bonds is 6. The minimum atomic E-state index is -3.40. The van der Waals surface area contributed by atoms with Crippen LogP contribution in [0.1, 0.15) is 18.9 Å². The van der Waals surface area contributed by atoms with Gasteiger partial charge in [-0.2, -0.15) is 0 Å². The van der Waals surface area contributed by atoms with Crippen molar-refractivity contribution in [3.63, 3.8) is 0 Å². The van der Waals surface area contributed by atoms with Crippen molar-refractivity contribution < 1.29 is 8.42 Å². The maximum Gasteiger partial charge on any atom is 0.233 e. The van der Waals surface area contributed by atoms with Crippen LogP contribution in [-0.2, 0) is 10.0 Å². The number of benzene rings is 1. The van der Waals surface area contributed by atoms with Gasteiger partial charge in [0.05, 0.1) is 0 Å². The predicted octanol–water partition coefficient (Wildman–Crippen LogP) is 1.97. The summed E-state index contributed by atoms with van der Waals surface area (Å²) >= 11 is 5.73. The van der Waals surface area contributed by atoms with Gasteiger partial charge in [0.25, 0.3) is 0 Å². The summed E-state index contributed by atoms with van der Waals surface area (Å²) in [6.45, 7) is 2.17. The first-order valence-corrected chi connectivity index (χ1v) is 7.50. The summed E-state index contributed by atoms with van der Waals surface area (Å²) in [7, 11) is -3.40. The van der Waals surface area contributed by atoms with Crippen molar-refractivity contribution in [2.24, 2.45) is 5.73 Å². The Morgan fingerprint density at radius 1 is 1.39 bits per heavy atom. The molecule has 1 aromatic rings. The highest BCUT2D eigenvalue weighted by molar-refractivity contribution is 7.92. The van der Waals surface area contributed by atoms with Crippen LogP contribution in [0.3, 0.4) is 0 Å². The molecule has 0 fully saturated rings. The molecule has 0 saturated carbocycles. The third-order valence-electron chi connectivity index (χ3n) is 2.21. The van der Waals surface area contributed by atoms with Gasteiger partial charge in [0.1, 0.15) is 0 Å². The highest BCUT2D eigenvalue weighted by Crippen LogP contribution is 2.11. The summed E-state index contributed by atoms with van der Waals surface area (Å²) < 4.78 is 25.6. The third kappa shape index (κ3) is 6.16. The Morgan fingerprint density at radius 2 is 2.00 bits per heavy atom. The van der Waals surface area contributed by atoms with Crippen molar-refractivity contribution >= 4 is 27.7 Å². The zero-order valence-electron chi connectivity index (χ0n) is 10.1. The lowest BCUT2D eigenvalue weighted by Crippen LogP contribution is -2.27. The van der Waals surface area contributed by atoms with E-state index in [-0.39, 0.29) is 6.04 Å². The fraction of sp³-hybridized carbons (Fsp3) is 0.333. The van der Waals surface area contributed by atoms with E-state index in [1.807, 2.05) is 6.92 Å². The molecule has 4 nitrogen and oxygen atoms in total. The molecule has 100 valence electrons. The smallest absolute Gasteiger partial charge is 0.233 e. The summed E-state index contributed by atoms with van der Waals surface area (Å²) in [4.78, 5) is 0. The number of nitrogens with one attached hydrogen (secondary N) is 1. The molecule has 0 heterocycles. The number of nitrogens with two attached hydrogens (primary N) is 1. The van der Waals surface area contributed by atoms with Gasteiger partial charge in [-0.3, -0.25) is 0 Å². The van der Waals surface area contributed by atoms with Gasteiger partial charge in [0, 0.05) is 23.0 Å². The maximum absolute atomic E-state index is 11.6. The largest absolute Gasteiger partial charge is 0.328 e. The minimum absolute atomic E-state index is 0.0204. The fourth-order valence-electron chi connectivity index (χ4n) is 1.22. The van der Waals surface area contributed by atoms with Crippen molar-refractivity contribution in [2.75, 3.05) is 6.54 Å².